The molecular formula is C12H14N2O2. The number of phenols is 1. The fourth-order valence-electron chi connectivity index (χ4n) is 1.29. The highest BCUT2D eigenvalue weighted by molar-refractivity contribution is 5.91. The lowest BCUT2D eigenvalue weighted by Crippen LogP contribution is -2.23. The highest BCUT2D eigenvalue weighted by atomic mass is 16.3. The fourth-order valence-corrected chi connectivity index (χ4v) is 1.29. The molecule has 1 aliphatic carbocycles. The van der Waals surface area contributed by atoms with E-state index >= 15 is 0 Å². The molecule has 1 fully saturated rings. The Kier molecular flexibility index (Phi) is 3.10. The Bertz CT molecular complexity index is 411. The molecule has 0 aromatic heterocycles. The van der Waals surface area contributed by atoms with Crippen molar-refractivity contribution in [3.05, 3.63) is 36.5 Å². The highest BCUT2D eigenvalue weighted by Gasteiger charge is 2.17. The maximum atomic E-state index is 11.4. The lowest BCUT2D eigenvalue weighted by atomic mass is 10.3. The van der Waals surface area contributed by atoms with Gasteiger partial charge in [-0.15, -0.1) is 0 Å². The number of nitrogens with one attached hydrogen (secondary N) is 2. The van der Waals surface area contributed by atoms with E-state index in [4.69, 9.17) is 0 Å². The average Bonchev–Trinajstić information content (AvgIpc) is 3.05. The van der Waals surface area contributed by atoms with Gasteiger partial charge in [-0.05, 0) is 30.9 Å². The van der Waals surface area contributed by atoms with Crippen LogP contribution in [0, 0.1) is 5.92 Å². The number of phenolic OH excluding ortho intramolecular Hbond substituents is 1. The van der Waals surface area contributed by atoms with Gasteiger partial charge in [0.05, 0.1) is 5.69 Å². The van der Waals surface area contributed by atoms with Gasteiger partial charge in [-0.1, -0.05) is 18.2 Å². The van der Waals surface area contributed by atoms with Crippen LogP contribution in [-0.4, -0.2) is 11.1 Å². The Morgan fingerprint density at radius 3 is 2.81 bits per heavy atom. The van der Waals surface area contributed by atoms with Gasteiger partial charge >= 0.3 is 6.03 Å². The number of anilines is 1. The lowest BCUT2D eigenvalue weighted by Gasteiger charge is -2.05. The number of allylic oxidation sites excluding steroid dienone is 1. The Morgan fingerprint density at radius 1 is 1.38 bits per heavy atom. The molecule has 0 saturated heterocycles. The predicted octanol–water partition coefficient (Wildman–Crippen LogP) is 2.44. The number of para-hydroxylation sites is 2. The summed E-state index contributed by atoms with van der Waals surface area (Å²) < 4.78 is 0. The van der Waals surface area contributed by atoms with Crippen molar-refractivity contribution in [2.45, 2.75) is 12.8 Å². The molecular weight excluding hydrogens is 204 g/mol. The highest BCUT2D eigenvalue weighted by Crippen LogP contribution is 2.29. The molecule has 1 saturated carbocycles. The van der Waals surface area contributed by atoms with Crippen LogP contribution in [-0.2, 0) is 0 Å². The topological polar surface area (TPSA) is 61.4 Å². The summed E-state index contributed by atoms with van der Waals surface area (Å²) in [6, 6.07) is 6.26. The summed E-state index contributed by atoms with van der Waals surface area (Å²) in [7, 11) is 0. The Morgan fingerprint density at radius 2 is 2.12 bits per heavy atom. The monoisotopic (exact) mass is 218 g/mol. The minimum absolute atomic E-state index is 0.0591. The van der Waals surface area contributed by atoms with Crippen LogP contribution in [0.25, 0.3) is 0 Å². The molecule has 0 unspecified atom stereocenters. The molecule has 4 heteroatoms. The van der Waals surface area contributed by atoms with Gasteiger partial charge in [0.2, 0.25) is 0 Å². The van der Waals surface area contributed by atoms with E-state index in [2.05, 4.69) is 10.6 Å². The molecule has 1 aromatic rings. The van der Waals surface area contributed by atoms with Gasteiger partial charge in [-0.3, -0.25) is 0 Å². The predicted molar refractivity (Wildman–Crippen MR) is 62.1 cm³/mol. The maximum absolute atomic E-state index is 11.4. The first-order valence-electron chi connectivity index (χ1n) is 5.28. The Labute approximate surface area is 94.0 Å². The maximum Gasteiger partial charge on any atom is 0.323 e. The molecule has 0 aliphatic heterocycles. The average molecular weight is 218 g/mol. The second-order valence-corrected chi connectivity index (χ2v) is 3.81. The molecule has 0 bridgehead atoms. The summed E-state index contributed by atoms with van der Waals surface area (Å²) in [5.41, 5.74) is 0.403. The lowest BCUT2D eigenvalue weighted by molar-refractivity contribution is 0.255. The summed E-state index contributed by atoms with van der Waals surface area (Å²) in [5, 5.41) is 14.6. The van der Waals surface area contributed by atoms with Crippen LogP contribution >= 0.6 is 0 Å². The van der Waals surface area contributed by atoms with E-state index in [1.54, 1.807) is 24.4 Å². The number of aromatic hydroxyl groups is 1. The van der Waals surface area contributed by atoms with E-state index in [-0.39, 0.29) is 11.8 Å². The zero-order chi connectivity index (χ0) is 11.4. The first-order valence-corrected chi connectivity index (χ1v) is 5.28. The first-order chi connectivity index (χ1) is 7.75. The van der Waals surface area contributed by atoms with Gasteiger partial charge in [0.25, 0.3) is 0 Å². The van der Waals surface area contributed by atoms with E-state index in [0.29, 0.717) is 11.6 Å². The van der Waals surface area contributed by atoms with Gasteiger partial charge in [-0.25, -0.2) is 4.79 Å². The van der Waals surface area contributed by atoms with Crippen LogP contribution in [0.5, 0.6) is 5.75 Å². The molecule has 2 amide bonds. The van der Waals surface area contributed by atoms with Crippen LogP contribution in [0.4, 0.5) is 10.5 Å². The van der Waals surface area contributed by atoms with E-state index < -0.39 is 0 Å². The number of carbonyl (C=O) groups excluding carboxylic acids is 1. The van der Waals surface area contributed by atoms with Gasteiger partial charge in [0.1, 0.15) is 5.75 Å². The SMILES string of the molecule is O=C(N/C=C/C1CC1)Nc1ccccc1O. The Hall–Kier alpha value is -1.97. The number of urea groups is 1. The number of amides is 2. The third kappa shape index (κ3) is 3.02. The molecule has 16 heavy (non-hydrogen) atoms. The molecule has 2 rings (SSSR count). The molecule has 1 aromatic carbocycles. The van der Waals surface area contributed by atoms with Crippen molar-refractivity contribution >= 4 is 11.7 Å². The van der Waals surface area contributed by atoms with Crippen LogP contribution < -0.4 is 10.6 Å². The normalized spacial score (nSPS) is 15.0. The van der Waals surface area contributed by atoms with E-state index in [9.17, 15) is 9.90 Å². The number of rotatable bonds is 3. The first kappa shape index (κ1) is 10.5. The fraction of sp³-hybridized carbons (Fsp3) is 0.250. The molecule has 0 spiro atoms. The largest absolute Gasteiger partial charge is 0.506 e. The molecule has 0 heterocycles. The van der Waals surface area contributed by atoms with Crippen molar-refractivity contribution in [1.82, 2.24) is 5.32 Å². The van der Waals surface area contributed by atoms with Gasteiger partial charge in [-0.2, -0.15) is 0 Å². The van der Waals surface area contributed by atoms with Crippen molar-refractivity contribution in [2.75, 3.05) is 5.32 Å². The Balaban J connectivity index is 1.84. The zero-order valence-electron chi connectivity index (χ0n) is 8.81. The zero-order valence-corrected chi connectivity index (χ0v) is 8.81. The summed E-state index contributed by atoms with van der Waals surface area (Å²) in [6.45, 7) is 0. The van der Waals surface area contributed by atoms with Gasteiger partial charge in [0.15, 0.2) is 0 Å². The van der Waals surface area contributed by atoms with Crippen molar-refractivity contribution in [2.24, 2.45) is 5.92 Å². The summed E-state index contributed by atoms with van der Waals surface area (Å²) in [6.07, 6.45) is 6.04. The van der Waals surface area contributed by atoms with E-state index in [1.807, 2.05) is 6.08 Å². The standard InChI is InChI=1S/C12H14N2O2/c15-11-4-2-1-3-10(11)14-12(16)13-8-7-9-5-6-9/h1-4,7-9,15H,5-6H2,(H2,13,14,16)/b8-7+. The summed E-state index contributed by atoms with van der Waals surface area (Å²) >= 11 is 0. The second-order valence-electron chi connectivity index (χ2n) is 3.81. The van der Waals surface area contributed by atoms with Gasteiger partial charge in [0, 0.05) is 6.20 Å². The number of hydrogen-bond acceptors (Lipinski definition) is 2. The molecule has 84 valence electrons. The quantitative estimate of drug-likeness (QED) is 0.682. The van der Waals surface area contributed by atoms with Crippen molar-refractivity contribution in [3.63, 3.8) is 0 Å². The minimum atomic E-state index is -0.349. The smallest absolute Gasteiger partial charge is 0.323 e. The number of carbonyl (C=O) groups is 1. The third-order valence-electron chi connectivity index (χ3n) is 2.36. The molecule has 3 N–H and O–H groups in total. The summed E-state index contributed by atoms with van der Waals surface area (Å²) in [5.74, 6) is 0.689. The minimum Gasteiger partial charge on any atom is -0.506 e. The van der Waals surface area contributed by atoms with Gasteiger partial charge < -0.3 is 15.7 Å². The second kappa shape index (κ2) is 4.70. The summed E-state index contributed by atoms with van der Waals surface area (Å²) in [4.78, 5) is 11.4. The van der Waals surface area contributed by atoms with Crippen LogP contribution in [0.3, 0.4) is 0 Å². The van der Waals surface area contributed by atoms with Crippen LogP contribution in [0.15, 0.2) is 36.5 Å². The van der Waals surface area contributed by atoms with E-state index in [0.717, 1.165) is 0 Å². The molecule has 0 radical (unpaired) electrons. The van der Waals surface area contributed by atoms with E-state index in [1.165, 1.54) is 18.9 Å². The van der Waals surface area contributed by atoms with Crippen molar-refractivity contribution < 1.29 is 9.90 Å². The number of benzene rings is 1. The third-order valence-corrected chi connectivity index (χ3v) is 2.36. The molecule has 0 atom stereocenters. The van der Waals surface area contributed by atoms with Crippen molar-refractivity contribution in [3.8, 4) is 5.75 Å². The molecule has 4 nitrogen and oxygen atoms in total. The molecule has 1 aliphatic rings. The van der Waals surface area contributed by atoms with Crippen molar-refractivity contribution in [1.29, 1.82) is 0 Å². The number of hydrogen-bond donors (Lipinski definition) is 3. The van der Waals surface area contributed by atoms with Crippen LogP contribution in [0.1, 0.15) is 12.8 Å². The van der Waals surface area contributed by atoms with Crippen LogP contribution in [0.2, 0.25) is 0 Å².